The van der Waals surface area contributed by atoms with Crippen molar-refractivity contribution in [1.29, 1.82) is 0 Å². The maximum atomic E-state index is 3.79. The van der Waals surface area contributed by atoms with E-state index in [1.54, 1.807) is 0 Å². The summed E-state index contributed by atoms with van der Waals surface area (Å²) in [6.45, 7) is 15.2. The zero-order valence-corrected chi connectivity index (χ0v) is 11.2. The fraction of sp³-hybridized carbons (Fsp3) is 0.857. The highest BCUT2D eigenvalue weighted by Gasteiger charge is 2.14. The summed E-state index contributed by atoms with van der Waals surface area (Å²) in [7, 11) is 0. The molecule has 0 amide bonds. The molecule has 1 heteroatoms. The second-order valence-corrected chi connectivity index (χ2v) is 5.55. The highest BCUT2D eigenvalue weighted by atomic mass is 14.9. The molecule has 1 atom stereocenters. The Balaban J connectivity index is 4.04. The maximum Gasteiger partial charge on any atom is 0.00757 e. The fourth-order valence-electron chi connectivity index (χ4n) is 2.09. The lowest BCUT2D eigenvalue weighted by Gasteiger charge is -2.25. The van der Waals surface area contributed by atoms with E-state index in [4.69, 9.17) is 0 Å². The Morgan fingerprint density at radius 3 is 1.80 bits per heavy atom. The van der Waals surface area contributed by atoms with E-state index < -0.39 is 0 Å². The van der Waals surface area contributed by atoms with Crippen LogP contribution in [0, 0.1) is 11.8 Å². The topological polar surface area (TPSA) is 12.0 Å². The molecule has 0 aromatic rings. The Hall–Kier alpha value is -0.300. The molecule has 0 saturated carbocycles. The van der Waals surface area contributed by atoms with Gasteiger partial charge in [-0.25, -0.2) is 0 Å². The lowest BCUT2D eigenvalue weighted by Crippen LogP contribution is -2.38. The summed E-state index contributed by atoms with van der Waals surface area (Å²) in [6.07, 6.45) is 5.62. The molecule has 1 nitrogen and oxygen atoms in total. The van der Waals surface area contributed by atoms with Crippen molar-refractivity contribution < 1.29 is 0 Å². The third kappa shape index (κ3) is 8.68. The van der Waals surface area contributed by atoms with Crippen LogP contribution >= 0.6 is 0 Å². The molecule has 0 aromatic heterocycles. The molecule has 0 heterocycles. The monoisotopic (exact) mass is 211 g/mol. The Morgan fingerprint density at radius 1 is 1.00 bits per heavy atom. The summed E-state index contributed by atoms with van der Waals surface area (Å²) in [5.41, 5.74) is 0. The molecule has 1 N–H and O–H groups in total. The third-order valence-electron chi connectivity index (χ3n) is 2.55. The average molecular weight is 211 g/mol. The van der Waals surface area contributed by atoms with Gasteiger partial charge in [-0.3, -0.25) is 0 Å². The van der Waals surface area contributed by atoms with Crippen LogP contribution in [0.1, 0.15) is 53.9 Å². The molecule has 0 saturated heterocycles. The molecule has 1 unspecified atom stereocenters. The van der Waals surface area contributed by atoms with E-state index >= 15 is 0 Å². The SMILES string of the molecule is C=CCC(C)NC(CC(C)C)CC(C)C. The quantitative estimate of drug-likeness (QED) is 0.598. The molecular weight excluding hydrogens is 182 g/mol. The van der Waals surface area contributed by atoms with Gasteiger partial charge in [-0.15, -0.1) is 6.58 Å². The molecule has 90 valence electrons. The minimum Gasteiger partial charge on any atom is -0.311 e. The van der Waals surface area contributed by atoms with E-state index in [1.807, 2.05) is 6.08 Å². The summed E-state index contributed by atoms with van der Waals surface area (Å²) < 4.78 is 0. The first-order chi connectivity index (χ1) is 6.95. The molecule has 15 heavy (non-hydrogen) atoms. The van der Waals surface area contributed by atoms with Crippen LogP contribution < -0.4 is 5.32 Å². The van der Waals surface area contributed by atoms with E-state index in [2.05, 4.69) is 46.5 Å². The van der Waals surface area contributed by atoms with Crippen LogP contribution in [0.4, 0.5) is 0 Å². The van der Waals surface area contributed by atoms with Crippen molar-refractivity contribution in [2.45, 2.75) is 66.0 Å². The minimum absolute atomic E-state index is 0.560. The standard InChI is InChI=1S/C14H29N/c1-7-8-13(6)15-14(9-11(2)3)10-12(4)5/h7,11-15H,1,8-10H2,2-6H3. The van der Waals surface area contributed by atoms with Crippen molar-refractivity contribution in [3.8, 4) is 0 Å². The third-order valence-corrected chi connectivity index (χ3v) is 2.55. The lowest BCUT2D eigenvalue weighted by atomic mass is 9.95. The van der Waals surface area contributed by atoms with Crippen LogP contribution in [0.15, 0.2) is 12.7 Å². The van der Waals surface area contributed by atoms with Gasteiger partial charge in [0.05, 0.1) is 0 Å². The van der Waals surface area contributed by atoms with Crippen molar-refractivity contribution >= 4 is 0 Å². The zero-order chi connectivity index (χ0) is 11.8. The number of hydrogen-bond acceptors (Lipinski definition) is 1. The summed E-state index contributed by atoms with van der Waals surface area (Å²) in [4.78, 5) is 0. The van der Waals surface area contributed by atoms with Crippen molar-refractivity contribution in [2.75, 3.05) is 0 Å². The van der Waals surface area contributed by atoms with Crippen molar-refractivity contribution in [3.05, 3.63) is 12.7 Å². The van der Waals surface area contributed by atoms with Crippen molar-refractivity contribution in [1.82, 2.24) is 5.32 Å². The van der Waals surface area contributed by atoms with Gasteiger partial charge >= 0.3 is 0 Å². The van der Waals surface area contributed by atoms with Gasteiger partial charge in [0.1, 0.15) is 0 Å². The highest BCUT2D eigenvalue weighted by Crippen LogP contribution is 2.14. The van der Waals surface area contributed by atoms with Gasteiger partial charge in [-0.2, -0.15) is 0 Å². The Bertz CT molecular complexity index is 151. The van der Waals surface area contributed by atoms with Crippen LogP contribution in [0.5, 0.6) is 0 Å². The summed E-state index contributed by atoms with van der Waals surface area (Å²) in [6, 6.07) is 1.23. The van der Waals surface area contributed by atoms with E-state index in [0.717, 1.165) is 18.3 Å². The number of nitrogens with one attached hydrogen (secondary N) is 1. The highest BCUT2D eigenvalue weighted by molar-refractivity contribution is 4.79. The van der Waals surface area contributed by atoms with Crippen molar-refractivity contribution in [2.24, 2.45) is 11.8 Å². The van der Waals surface area contributed by atoms with E-state index in [-0.39, 0.29) is 0 Å². The van der Waals surface area contributed by atoms with Crippen LogP contribution in [-0.2, 0) is 0 Å². The molecule has 0 bridgehead atoms. The smallest absolute Gasteiger partial charge is 0.00757 e. The van der Waals surface area contributed by atoms with Gasteiger partial charge in [0.2, 0.25) is 0 Å². The molecule has 0 fully saturated rings. The summed E-state index contributed by atoms with van der Waals surface area (Å²) in [5, 5.41) is 3.71. The van der Waals surface area contributed by atoms with Gasteiger partial charge in [-0.05, 0) is 38.0 Å². The first-order valence-corrected chi connectivity index (χ1v) is 6.32. The van der Waals surface area contributed by atoms with Gasteiger partial charge in [0, 0.05) is 12.1 Å². The Morgan fingerprint density at radius 2 is 1.47 bits per heavy atom. The van der Waals surface area contributed by atoms with E-state index in [0.29, 0.717) is 12.1 Å². The van der Waals surface area contributed by atoms with Crippen LogP contribution in [-0.4, -0.2) is 12.1 Å². The fourth-order valence-corrected chi connectivity index (χ4v) is 2.09. The average Bonchev–Trinajstić information content (AvgIpc) is 2.00. The van der Waals surface area contributed by atoms with Crippen LogP contribution in [0.3, 0.4) is 0 Å². The largest absolute Gasteiger partial charge is 0.311 e. The predicted molar refractivity (Wildman–Crippen MR) is 70.1 cm³/mol. The van der Waals surface area contributed by atoms with Crippen molar-refractivity contribution in [3.63, 3.8) is 0 Å². The van der Waals surface area contributed by atoms with E-state index in [9.17, 15) is 0 Å². The normalized spacial score (nSPS) is 13.9. The Labute approximate surface area is 96.3 Å². The number of hydrogen-bond donors (Lipinski definition) is 1. The van der Waals surface area contributed by atoms with Gasteiger partial charge in [0.25, 0.3) is 0 Å². The molecule has 0 radical (unpaired) electrons. The minimum atomic E-state index is 0.560. The zero-order valence-electron chi connectivity index (χ0n) is 11.2. The van der Waals surface area contributed by atoms with Gasteiger partial charge in [-0.1, -0.05) is 33.8 Å². The number of rotatable bonds is 8. The van der Waals surface area contributed by atoms with E-state index in [1.165, 1.54) is 12.8 Å². The first kappa shape index (κ1) is 14.7. The second-order valence-electron chi connectivity index (χ2n) is 5.55. The molecule has 0 aliphatic heterocycles. The first-order valence-electron chi connectivity index (χ1n) is 6.32. The molecule has 0 aliphatic rings. The maximum absolute atomic E-state index is 3.79. The molecule has 0 aliphatic carbocycles. The van der Waals surface area contributed by atoms with Gasteiger partial charge in [0.15, 0.2) is 0 Å². The van der Waals surface area contributed by atoms with Crippen LogP contribution in [0.25, 0.3) is 0 Å². The molecule has 0 rings (SSSR count). The molecular formula is C14H29N. The summed E-state index contributed by atoms with van der Waals surface area (Å²) in [5.74, 6) is 1.55. The van der Waals surface area contributed by atoms with Gasteiger partial charge < -0.3 is 5.32 Å². The predicted octanol–water partition coefficient (Wildman–Crippen LogP) is 4.00. The molecule has 0 aromatic carbocycles. The summed E-state index contributed by atoms with van der Waals surface area (Å²) >= 11 is 0. The van der Waals surface area contributed by atoms with Crippen LogP contribution in [0.2, 0.25) is 0 Å². The lowest BCUT2D eigenvalue weighted by molar-refractivity contribution is 0.333. The Kier molecular flexibility index (Phi) is 7.76. The molecule has 0 spiro atoms. The second kappa shape index (κ2) is 7.92.